The molecule has 1 aromatic heterocycles. The van der Waals surface area contributed by atoms with Crippen molar-refractivity contribution in [2.24, 2.45) is 0 Å². The maximum Gasteiger partial charge on any atom is 0.270 e. The number of hydrogen-bond donors (Lipinski definition) is 1. The number of amides is 1. The Balaban J connectivity index is 2.04. The Hall–Kier alpha value is -3.03. The number of nitrogens with zero attached hydrogens (tertiary/aromatic N) is 4. The van der Waals surface area contributed by atoms with Crippen LogP contribution < -0.4 is 5.43 Å². The number of non-ortho nitro benzene ring substituents is 1. The highest BCUT2D eigenvalue weighted by molar-refractivity contribution is 5.97. The van der Waals surface area contributed by atoms with Gasteiger partial charge in [-0.2, -0.15) is 0 Å². The van der Waals surface area contributed by atoms with Gasteiger partial charge in [-0.3, -0.25) is 20.3 Å². The highest BCUT2D eigenvalue weighted by atomic mass is 16.6. The van der Waals surface area contributed by atoms with Gasteiger partial charge in [0.15, 0.2) is 0 Å². The van der Waals surface area contributed by atoms with E-state index in [1.807, 2.05) is 0 Å². The zero-order valence-corrected chi connectivity index (χ0v) is 9.63. The topological polar surface area (TPSA) is 103 Å². The van der Waals surface area contributed by atoms with Crippen molar-refractivity contribution in [3.63, 3.8) is 0 Å². The fraction of sp³-hybridized carbons (Fsp3) is 0. The van der Waals surface area contributed by atoms with Crippen molar-refractivity contribution in [3.05, 3.63) is 58.7 Å². The van der Waals surface area contributed by atoms with Gasteiger partial charge in [0.1, 0.15) is 12.7 Å². The molecule has 0 radical (unpaired) electrons. The van der Waals surface area contributed by atoms with Gasteiger partial charge in [-0.05, 0) is 11.6 Å². The summed E-state index contributed by atoms with van der Waals surface area (Å²) in [6.45, 7) is 0. The average molecular weight is 259 g/mol. The molecule has 0 aliphatic rings. The number of nitro benzene ring substituents is 1. The number of aromatic nitrogens is 3. The summed E-state index contributed by atoms with van der Waals surface area (Å²) >= 11 is 0. The summed E-state index contributed by atoms with van der Waals surface area (Å²) in [5.41, 5.74) is 3.00. The van der Waals surface area contributed by atoms with E-state index in [0.29, 0.717) is 5.56 Å². The van der Waals surface area contributed by atoms with Gasteiger partial charge < -0.3 is 0 Å². The second kappa shape index (κ2) is 5.54. The second-order valence-electron chi connectivity index (χ2n) is 3.53. The Morgan fingerprint density at radius 2 is 2.11 bits per heavy atom. The third-order valence-corrected chi connectivity index (χ3v) is 2.17. The molecule has 2 rings (SSSR count). The molecule has 8 nitrogen and oxygen atoms in total. The van der Waals surface area contributed by atoms with E-state index in [4.69, 9.17) is 0 Å². The fourth-order valence-corrected chi connectivity index (χ4v) is 1.34. The summed E-state index contributed by atoms with van der Waals surface area (Å²) in [7, 11) is 0. The molecule has 1 amide bonds. The molecule has 0 spiro atoms. The minimum atomic E-state index is -0.491. The molecule has 0 unspecified atom stereocenters. The summed E-state index contributed by atoms with van der Waals surface area (Å²) in [6, 6.07) is 5.97. The number of rotatable bonds is 4. The summed E-state index contributed by atoms with van der Waals surface area (Å²) < 4.78 is 1.29. The quantitative estimate of drug-likeness (QED) is 0.500. The van der Waals surface area contributed by atoms with E-state index in [0.717, 1.165) is 0 Å². The molecule has 0 saturated heterocycles. The van der Waals surface area contributed by atoms with Gasteiger partial charge >= 0.3 is 0 Å². The zero-order chi connectivity index (χ0) is 13.7. The molecular weight excluding hydrogens is 250 g/mol. The van der Waals surface area contributed by atoms with Crippen LogP contribution in [0.4, 0.5) is 5.69 Å². The summed E-state index contributed by atoms with van der Waals surface area (Å²) in [4.78, 5) is 21.6. The Bertz CT molecular complexity index is 621. The smallest absolute Gasteiger partial charge is 0.268 e. The molecule has 8 heteroatoms. The van der Waals surface area contributed by atoms with E-state index in [1.54, 1.807) is 12.1 Å². The normalized spacial score (nSPS) is 10.5. The Labute approximate surface area is 107 Å². The van der Waals surface area contributed by atoms with Crippen LogP contribution >= 0.6 is 0 Å². The van der Waals surface area contributed by atoms with Gasteiger partial charge in [-0.1, -0.05) is 12.1 Å². The molecular formula is C11H9N5O3. The lowest BCUT2D eigenvalue weighted by molar-refractivity contribution is -0.384. The second-order valence-corrected chi connectivity index (χ2v) is 3.53. The van der Waals surface area contributed by atoms with Crippen molar-refractivity contribution in [2.75, 3.05) is 5.43 Å². The average Bonchev–Trinajstić information content (AvgIpc) is 2.89. The van der Waals surface area contributed by atoms with Crippen molar-refractivity contribution in [1.82, 2.24) is 14.9 Å². The van der Waals surface area contributed by atoms with Crippen molar-refractivity contribution in [2.45, 2.75) is 0 Å². The maximum absolute atomic E-state index is 11.5. The van der Waals surface area contributed by atoms with Gasteiger partial charge in [-0.15, -0.1) is 10.2 Å². The van der Waals surface area contributed by atoms with Crippen LogP contribution in [0, 0.1) is 10.1 Å². The van der Waals surface area contributed by atoms with E-state index in [9.17, 15) is 14.9 Å². The molecule has 1 heterocycles. The lowest BCUT2D eigenvalue weighted by atomic mass is 10.2. The van der Waals surface area contributed by atoms with Crippen molar-refractivity contribution >= 4 is 17.7 Å². The first-order valence-corrected chi connectivity index (χ1v) is 5.23. The molecule has 96 valence electrons. The predicted octanol–water partition coefficient (Wildman–Crippen LogP) is 0.970. The van der Waals surface area contributed by atoms with Crippen molar-refractivity contribution in [3.8, 4) is 0 Å². The minimum absolute atomic E-state index is 0.0265. The fourth-order valence-electron chi connectivity index (χ4n) is 1.34. The zero-order valence-electron chi connectivity index (χ0n) is 9.63. The van der Waals surface area contributed by atoms with Gasteiger partial charge in [0.25, 0.3) is 11.6 Å². The van der Waals surface area contributed by atoms with Crippen molar-refractivity contribution in [1.29, 1.82) is 0 Å². The van der Waals surface area contributed by atoms with Gasteiger partial charge in [-0.25, -0.2) is 4.68 Å². The van der Waals surface area contributed by atoms with Crippen LogP contribution in [0.2, 0.25) is 0 Å². The standard InChI is InChI=1S/C11H9N5O3/c17-11(14-15-7-12-13-8-15)5-4-9-2-1-3-10(6-9)16(18)19/h1-8H,(H,14,17). The first-order valence-electron chi connectivity index (χ1n) is 5.23. The Morgan fingerprint density at radius 3 is 2.79 bits per heavy atom. The van der Waals surface area contributed by atoms with Crippen LogP contribution in [0.5, 0.6) is 0 Å². The molecule has 0 aliphatic carbocycles. The molecule has 0 atom stereocenters. The number of hydrogen-bond acceptors (Lipinski definition) is 5. The minimum Gasteiger partial charge on any atom is -0.268 e. The number of carbonyl (C=O) groups excluding carboxylic acids is 1. The molecule has 19 heavy (non-hydrogen) atoms. The summed E-state index contributed by atoms with van der Waals surface area (Å²) in [6.07, 6.45) is 5.41. The van der Waals surface area contributed by atoms with E-state index in [1.165, 1.54) is 41.6 Å². The van der Waals surface area contributed by atoms with Crippen LogP contribution in [0.3, 0.4) is 0 Å². The number of nitrogens with one attached hydrogen (secondary N) is 1. The number of benzene rings is 1. The SMILES string of the molecule is O=C(C=Cc1cccc([N+](=O)[O-])c1)Nn1cnnc1. The lowest BCUT2D eigenvalue weighted by Gasteiger charge is -1.99. The first-order chi connectivity index (χ1) is 9.15. The molecule has 0 fully saturated rings. The van der Waals surface area contributed by atoms with E-state index in [2.05, 4.69) is 15.6 Å². The molecule has 0 saturated carbocycles. The highest BCUT2D eigenvalue weighted by Gasteiger charge is 2.04. The van der Waals surface area contributed by atoms with Crippen LogP contribution in [-0.4, -0.2) is 25.7 Å². The highest BCUT2D eigenvalue weighted by Crippen LogP contribution is 2.13. The van der Waals surface area contributed by atoms with E-state index >= 15 is 0 Å². The maximum atomic E-state index is 11.5. The summed E-state index contributed by atoms with van der Waals surface area (Å²) in [5, 5.41) is 17.6. The van der Waals surface area contributed by atoms with Crippen LogP contribution in [0.15, 0.2) is 43.0 Å². The number of carbonyl (C=O) groups is 1. The third-order valence-electron chi connectivity index (χ3n) is 2.17. The van der Waals surface area contributed by atoms with E-state index < -0.39 is 10.8 Å². The molecule has 1 aromatic carbocycles. The summed E-state index contributed by atoms with van der Waals surface area (Å²) in [5.74, 6) is -0.397. The molecule has 1 N–H and O–H groups in total. The van der Waals surface area contributed by atoms with Crippen LogP contribution in [0.25, 0.3) is 6.08 Å². The van der Waals surface area contributed by atoms with Crippen molar-refractivity contribution < 1.29 is 9.72 Å². The monoisotopic (exact) mass is 259 g/mol. The van der Waals surface area contributed by atoms with Gasteiger partial charge in [0.05, 0.1) is 4.92 Å². The molecule has 0 aliphatic heterocycles. The third kappa shape index (κ3) is 3.46. The Morgan fingerprint density at radius 1 is 1.37 bits per heavy atom. The molecule has 0 bridgehead atoms. The van der Waals surface area contributed by atoms with Crippen LogP contribution in [0.1, 0.15) is 5.56 Å². The predicted molar refractivity (Wildman–Crippen MR) is 66.5 cm³/mol. The van der Waals surface area contributed by atoms with Gasteiger partial charge in [0, 0.05) is 18.2 Å². The first kappa shape index (κ1) is 12.4. The largest absolute Gasteiger partial charge is 0.270 e. The lowest BCUT2D eigenvalue weighted by Crippen LogP contribution is -2.18. The Kier molecular flexibility index (Phi) is 3.62. The van der Waals surface area contributed by atoms with Crippen LogP contribution in [-0.2, 0) is 4.79 Å². The molecule has 2 aromatic rings. The van der Waals surface area contributed by atoms with Gasteiger partial charge in [0.2, 0.25) is 0 Å². The van der Waals surface area contributed by atoms with E-state index in [-0.39, 0.29) is 5.69 Å². The number of nitro groups is 1.